The second-order valence-electron chi connectivity index (χ2n) is 13.3. The van der Waals surface area contributed by atoms with Crippen LogP contribution in [0.2, 0.25) is 0 Å². The zero-order valence-electron chi connectivity index (χ0n) is 25.7. The van der Waals surface area contributed by atoms with Gasteiger partial charge in [-0.05, 0) is 87.1 Å². The highest BCUT2D eigenvalue weighted by atomic mass is 32.1. The molecule has 230 valence electrons. The summed E-state index contributed by atoms with van der Waals surface area (Å²) in [5.41, 5.74) is 2.34. The quantitative estimate of drug-likeness (QED) is 0.251. The Morgan fingerprint density at radius 2 is 1.74 bits per heavy atom. The van der Waals surface area contributed by atoms with Crippen LogP contribution < -0.4 is 10.6 Å². The van der Waals surface area contributed by atoms with E-state index in [1.54, 1.807) is 36.5 Å². The summed E-state index contributed by atoms with van der Waals surface area (Å²) in [4.78, 5) is 30.4. The van der Waals surface area contributed by atoms with Crippen molar-refractivity contribution in [1.29, 1.82) is 0 Å². The predicted molar refractivity (Wildman–Crippen MR) is 172 cm³/mol. The number of nitrogens with zero attached hydrogens (tertiary/aromatic N) is 1. The number of carbonyl (C=O) groups excluding carboxylic acids is 2. The molecular weight excluding hydrogens is 558 g/mol. The van der Waals surface area contributed by atoms with Gasteiger partial charge in [-0.3, -0.25) is 14.5 Å². The maximum atomic E-state index is 13.6. The number of rotatable bonds is 8. The van der Waals surface area contributed by atoms with Gasteiger partial charge in [-0.1, -0.05) is 55.7 Å². The summed E-state index contributed by atoms with van der Waals surface area (Å²) in [6, 6.07) is 15.8. The van der Waals surface area contributed by atoms with Crippen molar-refractivity contribution in [2.75, 3.05) is 13.1 Å². The smallest absolute Gasteiger partial charge is 0.252 e. The highest BCUT2D eigenvalue weighted by Crippen LogP contribution is 2.39. The average Bonchev–Trinajstić information content (AvgIpc) is 3.51. The standard InChI is InChI=1S/C35H45N3O4S/c1-22-27(11-7-12-29(22)39)33(41)36-32(24-16-14-23(15-17-24)31-13-8-18-43-31)30(40)21-38-20-26-10-6-5-9-25(26)19-28(38)34(42)37-35(2,3)4/h7-8,11-18,25-26,28,30,32,39-40H,5-6,9-10,19-21H2,1-4H3,(H,36,41)(H,37,42)/t25-,26+,28-,30+,32-/m0/s1. The second-order valence-corrected chi connectivity index (χ2v) is 14.3. The number of thiophene rings is 1. The van der Waals surface area contributed by atoms with E-state index in [4.69, 9.17) is 0 Å². The van der Waals surface area contributed by atoms with Gasteiger partial charge in [-0.15, -0.1) is 11.3 Å². The molecule has 0 bridgehead atoms. The lowest BCUT2D eigenvalue weighted by atomic mass is 9.72. The fourth-order valence-corrected chi connectivity index (χ4v) is 7.49. The van der Waals surface area contributed by atoms with Crippen LogP contribution in [0.3, 0.4) is 0 Å². The summed E-state index contributed by atoms with van der Waals surface area (Å²) < 4.78 is 0. The van der Waals surface area contributed by atoms with E-state index in [9.17, 15) is 19.8 Å². The van der Waals surface area contributed by atoms with Crippen molar-refractivity contribution < 1.29 is 19.8 Å². The predicted octanol–water partition coefficient (Wildman–Crippen LogP) is 6.06. The van der Waals surface area contributed by atoms with E-state index < -0.39 is 12.1 Å². The summed E-state index contributed by atoms with van der Waals surface area (Å²) in [7, 11) is 0. The van der Waals surface area contributed by atoms with Crippen molar-refractivity contribution >= 4 is 23.2 Å². The molecule has 1 aliphatic carbocycles. The van der Waals surface area contributed by atoms with E-state index in [1.165, 1.54) is 12.8 Å². The summed E-state index contributed by atoms with van der Waals surface area (Å²) >= 11 is 1.66. The average molecular weight is 604 g/mol. The Morgan fingerprint density at radius 1 is 1.02 bits per heavy atom. The van der Waals surface area contributed by atoms with Gasteiger partial charge >= 0.3 is 0 Å². The largest absolute Gasteiger partial charge is 0.508 e. The first kappa shape index (κ1) is 31.2. The molecule has 5 atom stereocenters. The minimum absolute atomic E-state index is 0.00000430. The lowest BCUT2D eigenvalue weighted by Crippen LogP contribution is -2.59. The zero-order chi connectivity index (χ0) is 30.7. The SMILES string of the molecule is Cc1c(O)cccc1C(=O)N[C@@H](c1ccc(-c2cccs2)cc1)[C@H](O)CN1C[C@H]2CCCC[C@H]2C[C@H]1C(=O)NC(C)(C)C. The number of aliphatic hydroxyl groups excluding tert-OH is 1. The van der Waals surface area contributed by atoms with Gasteiger partial charge in [0, 0.05) is 34.6 Å². The Hall–Kier alpha value is -3.20. The van der Waals surface area contributed by atoms with Crippen molar-refractivity contribution in [3.05, 3.63) is 76.7 Å². The number of phenolic OH excluding ortho intramolecular Hbond substituents is 1. The van der Waals surface area contributed by atoms with Gasteiger partial charge < -0.3 is 20.8 Å². The fourth-order valence-electron chi connectivity index (χ4n) is 6.76. The van der Waals surface area contributed by atoms with Crippen molar-refractivity contribution in [2.24, 2.45) is 11.8 Å². The van der Waals surface area contributed by atoms with E-state index >= 15 is 0 Å². The summed E-state index contributed by atoms with van der Waals surface area (Å²) in [5, 5.41) is 30.4. The number of nitrogens with one attached hydrogen (secondary N) is 2. The van der Waals surface area contributed by atoms with Gasteiger partial charge in [0.2, 0.25) is 5.91 Å². The van der Waals surface area contributed by atoms with Crippen molar-refractivity contribution in [1.82, 2.24) is 15.5 Å². The number of piperidine rings is 1. The maximum Gasteiger partial charge on any atom is 0.252 e. The van der Waals surface area contributed by atoms with Crippen LogP contribution in [0, 0.1) is 18.8 Å². The molecule has 1 aromatic heterocycles. The summed E-state index contributed by atoms with van der Waals surface area (Å²) in [6.07, 6.45) is 4.52. The van der Waals surface area contributed by atoms with Crippen LogP contribution in [-0.2, 0) is 4.79 Å². The molecule has 2 aromatic carbocycles. The first-order valence-electron chi connectivity index (χ1n) is 15.5. The molecule has 1 saturated heterocycles. The number of phenols is 1. The van der Waals surface area contributed by atoms with Crippen LogP contribution in [0.15, 0.2) is 60.0 Å². The molecule has 0 spiro atoms. The van der Waals surface area contributed by atoms with E-state index in [1.807, 2.05) is 56.5 Å². The molecule has 5 rings (SSSR count). The molecule has 2 aliphatic rings. The van der Waals surface area contributed by atoms with E-state index in [0.29, 0.717) is 23.0 Å². The molecule has 1 aliphatic heterocycles. The molecule has 0 unspecified atom stereocenters. The van der Waals surface area contributed by atoms with E-state index in [-0.39, 0.29) is 35.7 Å². The van der Waals surface area contributed by atoms with Gasteiger partial charge in [0.1, 0.15) is 5.75 Å². The summed E-state index contributed by atoms with van der Waals surface area (Å²) in [6.45, 7) is 8.69. The van der Waals surface area contributed by atoms with Crippen molar-refractivity contribution in [3.8, 4) is 16.2 Å². The maximum absolute atomic E-state index is 13.6. The molecule has 0 radical (unpaired) electrons. The van der Waals surface area contributed by atoms with Crippen LogP contribution in [-0.4, -0.2) is 57.7 Å². The third-order valence-corrected chi connectivity index (χ3v) is 9.94. The number of benzene rings is 2. The van der Waals surface area contributed by atoms with Gasteiger partial charge in [0.05, 0.1) is 18.2 Å². The Bertz CT molecular complexity index is 1400. The molecule has 2 heterocycles. The minimum Gasteiger partial charge on any atom is -0.508 e. The van der Waals surface area contributed by atoms with E-state index in [0.717, 1.165) is 41.8 Å². The number of hydrogen-bond acceptors (Lipinski definition) is 6. The number of likely N-dealkylation sites (tertiary alicyclic amines) is 1. The van der Waals surface area contributed by atoms with Crippen molar-refractivity contribution in [3.63, 3.8) is 0 Å². The monoisotopic (exact) mass is 603 g/mol. The topological polar surface area (TPSA) is 102 Å². The first-order chi connectivity index (χ1) is 20.5. The molecule has 43 heavy (non-hydrogen) atoms. The number of β-amino-alcohol motifs (C(OH)–C–C–N with tert-alkyl or cyclic N) is 1. The third-order valence-electron chi connectivity index (χ3n) is 9.02. The molecule has 3 aromatic rings. The Morgan fingerprint density at radius 3 is 2.42 bits per heavy atom. The number of amides is 2. The molecule has 1 saturated carbocycles. The normalized spacial score (nSPS) is 22.3. The first-order valence-corrected chi connectivity index (χ1v) is 16.4. The molecular formula is C35H45N3O4S. The molecule has 7 nitrogen and oxygen atoms in total. The van der Waals surface area contributed by atoms with Crippen LogP contribution in [0.4, 0.5) is 0 Å². The fraction of sp³-hybridized carbons (Fsp3) is 0.486. The minimum atomic E-state index is -0.973. The van der Waals surface area contributed by atoms with Crippen LogP contribution >= 0.6 is 11.3 Å². The number of aromatic hydroxyl groups is 1. The molecule has 2 fully saturated rings. The van der Waals surface area contributed by atoms with Gasteiger partial charge in [-0.25, -0.2) is 0 Å². The van der Waals surface area contributed by atoms with Crippen molar-refractivity contribution in [2.45, 2.75) is 83.5 Å². The summed E-state index contributed by atoms with van der Waals surface area (Å²) in [5.74, 6) is 0.709. The van der Waals surface area contributed by atoms with Crippen LogP contribution in [0.25, 0.3) is 10.4 Å². The third kappa shape index (κ3) is 7.48. The number of fused-ring (bicyclic) bond motifs is 1. The zero-order valence-corrected chi connectivity index (χ0v) is 26.5. The van der Waals surface area contributed by atoms with Gasteiger partial charge in [0.15, 0.2) is 0 Å². The van der Waals surface area contributed by atoms with Gasteiger partial charge in [0.25, 0.3) is 5.91 Å². The number of carbonyl (C=O) groups is 2. The Labute approximate surface area is 259 Å². The molecule has 8 heteroatoms. The highest BCUT2D eigenvalue weighted by Gasteiger charge is 2.42. The Balaban J connectivity index is 1.43. The van der Waals surface area contributed by atoms with E-state index in [2.05, 4.69) is 21.6 Å². The second kappa shape index (κ2) is 13.2. The van der Waals surface area contributed by atoms with Crippen LogP contribution in [0.1, 0.15) is 80.4 Å². The molecule has 2 amide bonds. The Kier molecular flexibility index (Phi) is 9.59. The highest BCUT2D eigenvalue weighted by molar-refractivity contribution is 7.13. The van der Waals surface area contributed by atoms with Gasteiger partial charge in [-0.2, -0.15) is 0 Å². The van der Waals surface area contributed by atoms with Crippen LogP contribution in [0.5, 0.6) is 5.75 Å². The number of hydrogen-bond donors (Lipinski definition) is 4. The lowest BCUT2D eigenvalue weighted by molar-refractivity contribution is -0.132. The molecule has 4 N–H and O–H groups in total. The lowest BCUT2D eigenvalue weighted by Gasteiger charge is -2.47. The number of aliphatic hydroxyl groups is 1.